The monoisotopic (exact) mass is 454 g/mol. The van der Waals surface area contributed by atoms with Gasteiger partial charge in [0.25, 0.3) is 5.56 Å². The van der Waals surface area contributed by atoms with Crippen molar-refractivity contribution in [2.24, 2.45) is 5.10 Å². The fraction of sp³-hybridized carbons (Fsp3) is 0.348. The maximum Gasteiger partial charge on any atom is 0.313 e. The Labute approximate surface area is 189 Å². The van der Waals surface area contributed by atoms with E-state index in [-0.39, 0.29) is 34.5 Å². The molecule has 2 aromatic carbocycles. The third-order valence-corrected chi connectivity index (χ3v) is 5.88. The van der Waals surface area contributed by atoms with Gasteiger partial charge < -0.3 is 4.74 Å². The number of hydrogen-bond acceptors (Lipinski definition) is 6. The Hall–Kier alpha value is -3.26. The Balaban J connectivity index is 1.82. The van der Waals surface area contributed by atoms with Gasteiger partial charge in [0.2, 0.25) is 5.75 Å². The molecule has 0 atom stereocenters. The lowest BCUT2D eigenvalue weighted by atomic mass is 9.88. The highest BCUT2D eigenvalue weighted by atomic mass is 35.5. The van der Waals surface area contributed by atoms with Crippen LogP contribution in [0.15, 0.2) is 46.3 Å². The summed E-state index contributed by atoms with van der Waals surface area (Å²) >= 11 is 6.23. The van der Waals surface area contributed by atoms with Crippen LogP contribution in [0.2, 0.25) is 5.02 Å². The van der Waals surface area contributed by atoms with Crippen molar-refractivity contribution in [2.75, 3.05) is 6.61 Å². The van der Waals surface area contributed by atoms with Gasteiger partial charge in [-0.15, -0.1) is 0 Å². The largest absolute Gasteiger partial charge is 0.486 e. The first kappa shape index (κ1) is 22.0. The highest BCUT2D eigenvalue weighted by molar-refractivity contribution is 6.32. The zero-order valence-corrected chi connectivity index (χ0v) is 18.4. The topological polar surface area (TPSA) is 99.6 Å². The first-order valence-electron chi connectivity index (χ1n) is 10.7. The standard InChI is InChI=1S/C23H23ClN4O4/c1-2-32-21-18(24)12-15(13-20(21)28(30)31)14-25-27-22(16-8-4-3-5-9-16)26-19-11-7-6-10-17(19)23(27)29/h6-7,10-14,16H,2-5,8-9H2,1H3. The number of halogens is 1. The molecule has 1 heterocycles. The van der Waals surface area contributed by atoms with Gasteiger partial charge in [-0.25, -0.2) is 4.98 Å². The second-order valence-electron chi connectivity index (χ2n) is 7.72. The summed E-state index contributed by atoms with van der Waals surface area (Å²) in [6.45, 7) is 1.97. The Kier molecular flexibility index (Phi) is 6.50. The van der Waals surface area contributed by atoms with Crippen LogP contribution in [0.3, 0.4) is 0 Å². The number of nitro groups is 1. The zero-order chi connectivity index (χ0) is 22.7. The number of nitrogens with zero attached hydrogens (tertiary/aromatic N) is 4. The van der Waals surface area contributed by atoms with Gasteiger partial charge in [0.15, 0.2) is 0 Å². The molecule has 0 saturated heterocycles. The van der Waals surface area contributed by atoms with E-state index in [1.165, 1.54) is 29.4 Å². The van der Waals surface area contributed by atoms with Crippen LogP contribution in [0.25, 0.3) is 10.9 Å². The lowest BCUT2D eigenvalue weighted by Gasteiger charge is -2.22. The average molecular weight is 455 g/mol. The van der Waals surface area contributed by atoms with Crippen molar-refractivity contribution in [1.29, 1.82) is 0 Å². The molecule has 1 aliphatic rings. The molecule has 0 radical (unpaired) electrons. The summed E-state index contributed by atoms with van der Waals surface area (Å²) in [5.41, 5.74) is 0.514. The normalized spacial score (nSPS) is 14.8. The third kappa shape index (κ3) is 4.36. The van der Waals surface area contributed by atoms with Gasteiger partial charge in [0, 0.05) is 17.5 Å². The van der Waals surface area contributed by atoms with E-state index in [2.05, 4.69) is 5.10 Å². The lowest BCUT2D eigenvalue weighted by Crippen LogP contribution is -2.25. The molecule has 32 heavy (non-hydrogen) atoms. The maximum absolute atomic E-state index is 13.2. The predicted molar refractivity (Wildman–Crippen MR) is 124 cm³/mol. The van der Waals surface area contributed by atoms with E-state index in [1.807, 2.05) is 12.1 Å². The molecule has 4 rings (SSSR count). The van der Waals surface area contributed by atoms with E-state index in [9.17, 15) is 14.9 Å². The molecule has 0 unspecified atom stereocenters. The Morgan fingerprint density at radius 2 is 2.03 bits per heavy atom. The van der Waals surface area contributed by atoms with E-state index in [0.29, 0.717) is 22.3 Å². The molecule has 1 aliphatic carbocycles. The molecule has 0 aliphatic heterocycles. The van der Waals surface area contributed by atoms with Gasteiger partial charge in [0.1, 0.15) is 5.82 Å². The summed E-state index contributed by atoms with van der Waals surface area (Å²) in [7, 11) is 0. The number of fused-ring (bicyclic) bond motifs is 1. The Morgan fingerprint density at radius 3 is 2.75 bits per heavy atom. The number of hydrogen-bond donors (Lipinski definition) is 0. The van der Waals surface area contributed by atoms with E-state index < -0.39 is 4.92 Å². The smallest absolute Gasteiger partial charge is 0.313 e. The molecule has 166 valence electrons. The van der Waals surface area contributed by atoms with Crippen LogP contribution >= 0.6 is 11.6 Å². The fourth-order valence-corrected chi connectivity index (χ4v) is 4.38. The van der Waals surface area contributed by atoms with Crippen molar-refractivity contribution >= 4 is 34.4 Å². The number of benzene rings is 2. The van der Waals surface area contributed by atoms with Crippen molar-refractivity contribution in [1.82, 2.24) is 9.66 Å². The lowest BCUT2D eigenvalue weighted by molar-refractivity contribution is -0.385. The molecule has 0 bridgehead atoms. The molecule has 3 aromatic rings. The minimum Gasteiger partial charge on any atom is -0.486 e. The van der Waals surface area contributed by atoms with Gasteiger partial charge in [-0.2, -0.15) is 9.78 Å². The van der Waals surface area contributed by atoms with Crippen molar-refractivity contribution in [3.05, 3.63) is 73.3 Å². The van der Waals surface area contributed by atoms with Crippen LogP contribution in [0, 0.1) is 10.1 Å². The van der Waals surface area contributed by atoms with E-state index in [4.69, 9.17) is 21.3 Å². The Bertz CT molecular complexity index is 1250. The zero-order valence-electron chi connectivity index (χ0n) is 17.7. The first-order chi connectivity index (χ1) is 15.5. The molecular formula is C23H23ClN4O4. The summed E-state index contributed by atoms with van der Waals surface area (Å²) in [4.78, 5) is 29.0. The number of para-hydroxylation sites is 1. The molecule has 0 N–H and O–H groups in total. The van der Waals surface area contributed by atoms with E-state index in [0.717, 1.165) is 25.7 Å². The van der Waals surface area contributed by atoms with Gasteiger partial charge in [-0.1, -0.05) is 43.0 Å². The van der Waals surface area contributed by atoms with Crippen LogP contribution < -0.4 is 10.3 Å². The number of aromatic nitrogens is 2. The van der Waals surface area contributed by atoms with Crippen molar-refractivity contribution in [3.63, 3.8) is 0 Å². The quantitative estimate of drug-likeness (QED) is 0.286. The Morgan fingerprint density at radius 1 is 1.28 bits per heavy atom. The third-order valence-electron chi connectivity index (χ3n) is 5.60. The van der Waals surface area contributed by atoms with E-state index >= 15 is 0 Å². The average Bonchev–Trinajstić information content (AvgIpc) is 2.80. The molecule has 8 nitrogen and oxygen atoms in total. The number of ether oxygens (including phenoxy) is 1. The number of rotatable bonds is 6. The molecule has 1 saturated carbocycles. The highest BCUT2D eigenvalue weighted by Gasteiger charge is 2.23. The van der Waals surface area contributed by atoms with E-state index in [1.54, 1.807) is 19.1 Å². The molecule has 0 spiro atoms. The summed E-state index contributed by atoms with van der Waals surface area (Å²) < 4.78 is 6.66. The van der Waals surface area contributed by atoms with Gasteiger partial charge >= 0.3 is 5.69 Å². The van der Waals surface area contributed by atoms with Crippen LogP contribution in [0.1, 0.15) is 56.3 Å². The minimum atomic E-state index is -0.550. The minimum absolute atomic E-state index is 0.0174. The second kappa shape index (κ2) is 9.48. The number of nitro benzene ring substituents is 1. The summed E-state index contributed by atoms with van der Waals surface area (Å²) in [5.74, 6) is 0.774. The van der Waals surface area contributed by atoms with Crippen LogP contribution in [0.5, 0.6) is 5.75 Å². The maximum atomic E-state index is 13.2. The molecule has 9 heteroatoms. The molecule has 1 aromatic heterocycles. The van der Waals surface area contributed by atoms with Gasteiger partial charge in [0.05, 0.1) is 33.7 Å². The highest BCUT2D eigenvalue weighted by Crippen LogP contribution is 2.36. The second-order valence-corrected chi connectivity index (χ2v) is 8.13. The predicted octanol–water partition coefficient (Wildman–Crippen LogP) is 5.29. The van der Waals surface area contributed by atoms with Gasteiger partial charge in [-0.3, -0.25) is 14.9 Å². The van der Waals surface area contributed by atoms with Crippen LogP contribution in [0.4, 0.5) is 5.69 Å². The molecular weight excluding hydrogens is 432 g/mol. The molecule has 1 fully saturated rings. The van der Waals surface area contributed by atoms with Gasteiger partial charge in [-0.05, 0) is 38.0 Å². The van der Waals surface area contributed by atoms with Crippen LogP contribution in [-0.2, 0) is 0 Å². The summed E-state index contributed by atoms with van der Waals surface area (Å²) in [5, 5.41) is 16.5. The van der Waals surface area contributed by atoms with Crippen LogP contribution in [-0.4, -0.2) is 27.4 Å². The SMILES string of the molecule is CCOc1c(Cl)cc(C=Nn2c(C3CCCCC3)nc3ccccc3c2=O)cc1[N+](=O)[O-]. The fourth-order valence-electron chi connectivity index (χ4n) is 4.10. The molecule has 0 amide bonds. The van der Waals surface area contributed by atoms with Crippen molar-refractivity contribution in [3.8, 4) is 5.75 Å². The van der Waals surface area contributed by atoms with Crippen molar-refractivity contribution in [2.45, 2.75) is 44.9 Å². The first-order valence-corrected chi connectivity index (χ1v) is 11.0. The summed E-state index contributed by atoms with van der Waals surface area (Å²) in [6.07, 6.45) is 6.63. The summed E-state index contributed by atoms with van der Waals surface area (Å²) in [6, 6.07) is 10.1. The van der Waals surface area contributed by atoms with Crippen molar-refractivity contribution < 1.29 is 9.66 Å².